The maximum Gasteiger partial charge on any atom is 0.270 e. The number of carbonyl (C=O) groups is 1. The van der Waals surface area contributed by atoms with E-state index < -0.39 is 0 Å². The molecule has 3 heterocycles. The van der Waals surface area contributed by atoms with Crippen LogP contribution in [0.1, 0.15) is 62.0 Å². The predicted molar refractivity (Wildman–Crippen MR) is 99.9 cm³/mol. The van der Waals surface area contributed by atoms with Crippen LogP contribution in [-0.2, 0) is 13.0 Å². The van der Waals surface area contributed by atoms with Gasteiger partial charge in [0, 0.05) is 25.1 Å². The van der Waals surface area contributed by atoms with Gasteiger partial charge in [0.25, 0.3) is 5.91 Å². The van der Waals surface area contributed by atoms with E-state index in [1.165, 1.54) is 0 Å². The van der Waals surface area contributed by atoms with Gasteiger partial charge < -0.3 is 5.32 Å². The molecule has 1 N–H and O–H groups in total. The largest absolute Gasteiger partial charge is 0.342 e. The van der Waals surface area contributed by atoms with Crippen LogP contribution >= 0.6 is 0 Å². The third-order valence-corrected chi connectivity index (χ3v) is 4.30. The number of aryl methyl sites for hydroxylation is 1. The Hall–Kier alpha value is -2.70. The number of aromatic nitrogens is 5. The van der Waals surface area contributed by atoms with Gasteiger partial charge in [-0.1, -0.05) is 20.8 Å². The molecule has 0 aliphatic carbocycles. The highest BCUT2D eigenvalue weighted by atomic mass is 16.2. The summed E-state index contributed by atoms with van der Waals surface area (Å²) in [6, 6.07) is 3.59. The predicted octanol–water partition coefficient (Wildman–Crippen LogP) is 3.03. The normalized spacial score (nSPS) is 12.7. The molecule has 0 aliphatic rings. The standard InChI is InChI=1S/C19H26N6O/c1-5-15(16-12-24-9-7-8-20-19(24)22-16)21-18(26)17-11-14(10-13(3)4)23-25(17)6-2/h7-9,11-13,15H,5-6,10H2,1-4H3,(H,21,26)/t15-/m1/s1. The number of nitrogens with zero attached hydrogens (tertiary/aromatic N) is 5. The van der Waals surface area contributed by atoms with E-state index in [2.05, 4.69) is 34.2 Å². The Morgan fingerprint density at radius 1 is 1.31 bits per heavy atom. The molecule has 0 fully saturated rings. The highest BCUT2D eigenvalue weighted by molar-refractivity contribution is 5.93. The van der Waals surface area contributed by atoms with Gasteiger partial charge in [0.2, 0.25) is 5.78 Å². The molecule has 0 aliphatic heterocycles. The molecule has 1 atom stereocenters. The zero-order chi connectivity index (χ0) is 18.7. The van der Waals surface area contributed by atoms with Crippen molar-refractivity contribution in [1.82, 2.24) is 29.5 Å². The Bertz CT molecular complexity index is 861. The van der Waals surface area contributed by atoms with Gasteiger partial charge in [-0.15, -0.1) is 0 Å². The number of fused-ring (bicyclic) bond motifs is 1. The Labute approximate surface area is 153 Å². The fourth-order valence-electron chi connectivity index (χ4n) is 3.05. The summed E-state index contributed by atoms with van der Waals surface area (Å²) in [6.07, 6.45) is 7.13. The molecule has 3 aromatic heterocycles. The molecule has 0 saturated heterocycles. The molecule has 1 amide bonds. The molecule has 7 heteroatoms. The number of imidazole rings is 1. The Balaban J connectivity index is 1.82. The van der Waals surface area contributed by atoms with Crippen LogP contribution in [0.5, 0.6) is 0 Å². The van der Waals surface area contributed by atoms with Crippen LogP contribution < -0.4 is 5.32 Å². The summed E-state index contributed by atoms with van der Waals surface area (Å²) in [7, 11) is 0. The second-order valence-corrected chi connectivity index (χ2v) is 6.86. The second-order valence-electron chi connectivity index (χ2n) is 6.86. The van der Waals surface area contributed by atoms with Crippen molar-refractivity contribution in [3.63, 3.8) is 0 Å². The lowest BCUT2D eigenvalue weighted by Gasteiger charge is -2.15. The monoisotopic (exact) mass is 354 g/mol. The van der Waals surface area contributed by atoms with Gasteiger partial charge in [-0.25, -0.2) is 9.97 Å². The third-order valence-electron chi connectivity index (χ3n) is 4.30. The first-order valence-corrected chi connectivity index (χ1v) is 9.19. The number of carbonyl (C=O) groups excluding carboxylic acids is 1. The van der Waals surface area contributed by atoms with Gasteiger partial charge in [-0.05, 0) is 37.8 Å². The van der Waals surface area contributed by atoms with Crippen molar-refractivity contribution in [3.8, 4) is 0 Å². The van der Waals surface area contributed by atoms with Crippen molar-refractivity contribution in [2.45, 2.75) is 53.1 Å². The van der Waals surface area contributed by atoms with Crippen LogP contribution in [0.3, 0.4) is 0 Å². The first-order chi connectivity index (χ1) is 12.5. The molecule has 0 bridgehead atoms. The molecule has 0 radical (unpaired) electrons. The van der Waals surface area contributed by atoms with Crippen molar-refractivity contribution >= 4 is 11.7 Å². The van der Waals surface area contributed by atoms with Gasteiger partial charge in [0.05, 0.1) is 17.4 Å². The minimum atomic E-state index is -0.169. The Morgan fingerprint density at radius 3 is 2.77 bits per heavy atom. The molecule has 3 rings (SSSR count). The number of hydrogen-bond donors (Lipinski definition) is 1. The van der Waals surface area contributed by atoms with E-state index in [0.29, 0.717) is 23.9 Å². The molecule has 138 valence electrons. The summed E-state index contributed by atoms with van der Waals surface area (Å²) >= 11 is 0. The second kappa shape index (κ2) is 7.68. The number of nitrogens with one attached hydrogen (secondary N) is 1. The maximum atomic E-state index is 12.9. The lowest BCUT2D eigenvalue weighted by molar-refractivity contribution is 0.0924. The van der Waals surface area contributed by atoms with E-state index in [1.807, 2.05) is 42.8 Å². The van der Waals surface area contributed by atoms with Crippen molar-refractivity contribution in [2.75, 3.05) is 0 Å². The topological polar surface area (TPSA) is 77.1 Å². The number of hydrogen-bond acceptors (Lipinski definition) is 4. The molecule has 7 nitrogen and oxygen atoms in total. The maximum absolute atomic E-state index is 12.9. The summed E-state index contributed by atoms with van der Waals surface area (Å²) in [4.78, 5) is 21.6. The van der Waals surface area contributed by atoms with Gasteiger partial charge in [0.1, 0.15) is 5.69 Å². The molecule has 0 saturated carbocycles. The Morgan fingerprint density at radius 2 is 2.12 bits per heavy atom. The van der Waals surface area contributed by atoms with Crippen molar-refractivity contribution in [1.29, 1.82) is 0 Å². The van der Waals surface area contributed by atoms with Crippen LogP contribution in [0.15, 0.2) is 30.7 Å². The fourth-order valence-corrected chi connectivity index (χ4v) is 3.05. The SMILES string of the molecule is CC[C@@H](NC(=O)c1cc(CC(C)C)nn1CC)c1cn2cccnc2n1. The van der Waals surface area contributed by atoms with E-state index in [4.69, 9.17) is 0 Å². The van der Waals surface area contributed by atoms with E-state index >= 15 is 0 Å². The van der Waals surface area contributed by atoms with Crippen molar-refractivity contribution < 1.29 is 4.79 Å². The summed E-state index contributed by atoms with van der Waals surface area (Å²) in [5.74, 6) is 1.01. The zero-order valence-electron chi connectivity index (χ0n) is 15.8. The highest BCUT2D eigenvalue weighted by Crippen LogP contribution is 2.17. The minimum absolute atomic E-state index is 0.119. The van der Waals surface area contributed by atoms with Crippen LogP contribution in [0.4, 0.5) is 0 Å². The molecule has 26 heavy (non-hydrogen) atoms. The van der Waals surface area contributed by atoms with Crippen LogP contribution in [0, 0.1) is 5.92 Å². The highest BCUT2D eigenvalue weighted by Gasteiger charge is 2.21. The third kappa shape index (κ3) is 3.76. The first kappa shape index (κ1) is 18.1. The summed E-state index contributed by atoms with van der Waals surface area (Å²) in [5.41, 5.74) is 2.37. The van der Waals surface area contributed by atoms with Gasteiger partial charge >= 0.3 is 0 Å². The molecule has 0 spiro atoms. The lowest BCUT2D eigenvalue weighted by Crippen LogP contribution is -2.30. The average molecular weight is 354 g/mol. The van der Waals surface area contributed by atoms with Crippen LogP contribution in [0.2, 0.25) is 0 Å². The van der Waals surface area contributed by atoms with Crippen molar-refractivity contribution in [3.05, 3.63) is 47.8 Å². The first-order valence-electron chi connectivity index (χ1n) is 9.19. The smallest absolute Gasteiger partial charge is 0.270 e. The molecule has 0 unspecified atom stereocenters. The fraction of sp³-hybridized carbons (Fsp3) is 0.474. The van der Waals surface area contributed by atoms with Crippen LogP contribution in [-0.4, -0.2) is 30.1 Å². The van der Waals surface area contributed by atoms with Gasteiger partial charge in [-0.3, -0.25) is 13.9 Å². The van der Waals surface area contributed by atoms with E-state index in [-0.39, 0.29) is 11.9 Å². The number of rotatable bonds is 7. The Kier molecular flexibility index (Phi) is 5.35. The van der Waals surface area contributed by atoms with E-state index in [9.17, 15) is 4.79 Å². The average Bonchev–Trinajstić information content (AvgIpc) is 3.22. The molecule has 0 aromatic carbocycles. The molecular weight excluding hydrogens is 328 g/mol. The van der Waals surface area contributed by atoms with Gasteiger partial charge in [-0.2, -0.15) is 5.10 Å². The van der Waals surface area contributed by atoms with E-state index in [1.54, 1.807) is 10.9 Å². The number of amides is 1. The van der Waals surface area contributed by atoms with Gasteiger partial charge in [0.15, 0.2) is 0 Å². The summed E-state index contributed by atoms with van der Waals surface area (Å²) in [5, 5.41) is 7.65. The summed E-state index contributed by atoms with van der Waals surface area (Å²) < 4.78 is 3.63. The minimum Gasteiger partial charge on any atom is -0.342 e. The van der Waals surface area contributed by atoms with Crippen molar-refractivity contribution in [2.24, 2.45) is 5.92 Å². The van der Waals surface area contributed by atoms with E-state index in [0.717, 1.165) is 24.2 Å². The molecule has 3 aromatic rings. The van der Waals surface area contributed by atoms with Crippen LogP contribution in [0.25, 0.3) is 5.78 Å². The quantitative estimate of drug-likeness (QED) is 0.707. The lowest BCUT2D eigenvalue weighted by atomic mass is 10.1. The zero-order valence-corrected chi connectivity index (χ0v) is 15.8. The summed E-state index contributed by atoms with van der Waals surface area (Å²) in [6.45, 7) is 8.98. The molecular formula is C19H26N6O.